The van der Waals surface area contributed by atoms with E-state index < -0.39 is 0 Å². The predicted octanol–water partition coefficient (Wildman–Crippen LogP) is 3.53. The molecule has 0 aliphatic carbocycles. The number of fused-ring (bicyclic) bond motifs is 1. The minimum absolute atomic E-state index is 0.214. The first-order chi connectivity index (χ1) is 9.36. The van der Waals surface area contributed by atoms with E-state index in [2.05, 4.69) is 4.98 Å². The van der Waals surface area contributed by atoms with E-state index in [1.165, 1.54) is 0 Å². The molecule has 0 saturated carbocycles. The summed E-state index contributed by atoms with van der Waals surface area (Å²) in [6.07, 6.45) is 2.41. The first-order valence-electron chi connectivity index (χ1n) is 6.56. The van der Waals surface area contributed by atoms with Gasteiger partial charge in [-0.25, -0.2) is 0 Å². The van der Waals surface area contributed by atoms with Gasteiger partial charge in [-0.1, -0.05) is 12.1 Å². The maximum Gasteiger partial charge on any atom is 0.130 e. The van der Waals surface area contributed by atoms with Crippen LogP contribution in [0.4, 0.5) is 0 Å². The Morgan fingerprint density at radius 2 is 2.26 bits per heavy atom. The molecule has 0 amide bonds. The predicted molar refractivity (Wildman–Crippen MR) is 75.8 cm³/mol. The first-order valence-corrected chi connectivity index (χ1v) is 7.09. The van der Waals surface area contributed by atoms with Crippen LogP contribution in [0.1, 0.15) is 18.5 Å². The zero-order valence-electron chi connectivity index (χ0n) is 10.6. The van der Waals surface area contributed by atoms with E-state index in [4.69, 9.17) is 21.1 Å². The molecule has 2 heterocycles. The summed E-state index contributed by atoms with van der Waals surface area (Å²) in [4.78, 5) is 4.49. The Kier molecular flexibility index (Phi) is 3.85. The minimum atomic E-state index is 0.214. The molecule has 1 aliphatic heterocycles. The molecule has 1 aromatic carbocycles. The van der Waals surface area contributed by atoms with Gasteiger partial charge in [-0.2, -0.15) is 0 Å². The van der Waals surface area contributed by atoms with Gasteiger partial charge in [0.25, 0.3) is 0 Å². The number of para-hydroxylation sites is 1. The Labute approximate surface area is 117 Å². The molecular weight excluding hydrogens is 262 g/mol. The zero-order valence-corrected chi connectivity index (χ0v) is 11.4. The summed E-state index contributed by atoms with van der Waals surface area (Å²) < 4.78 is 11.5. The van der Waals surface area contributed by atoms with E-state index in [-0.39, 0.29) is 6.10 Å². The number of nitrogens with zero attached hydrogens (tertiary/aromatic N) is 1. The van der Waals surface area contributed by atoms with Crippen molar-refractivity contribution in [2.75, 3.05) is 13.2 Å². The quantitative estimate of drug-likeness (QED) is 0.801. The summed E-state index contributed by atoms with van der Waals surface area (Å²) in [6.45, 7) is 1.44. The van der Waals surface area contributed by atoms with Gasteiger partial charge in [0.1, 0.15) is 12.4 Å². The number of alkyl halides is 1. The summed E-state index contributed by atoms with van der Waals surface area (Å²) in [7, 11) is 0. The maximum absolute atomic E-state index is 5.92. The lowest BCUT2D eigenvalue weighted by atomic mass is 10.2. The molecule has 4 heteroatoms. The number of aromatic nitrogens is 1. The zero-order chi connectivity index (χ0) is 13.1. The number of benzene rings is 1. The third-order valence-corrected chi connectivity index (χ3v) is 3.59. The molecule has 0 bridgehead atoms. The van der Waals surface area contributed by atoms with E-state index in [1.54, 1.807) is 0 Å². The van der Waals surface area contributed by atoms with Crippen molar-refractivity contribution in [1.29, 1.82) is 0 Å². The van der Waals surface area contributed by atoms with Crippen LogP contribution in [0.15, 0.2) is 30.3 Å². The topological polar surface area (TPSA) is 31.4 Å². The molecule has 3 nitrogen and oxygen atoms in total. The number of rotatable bonds is 4. The van der Waals surface area contributed by atoms with Crippen molar-refractivity contribution in [2.45, 2.75) is 24.8 Å². The molecule has 3 rings (SSSR count). The first kappa shape index (κ1) is 12.7. The van der Waals surface area contributed by atoms with Crippen LogP contribution in [0.2, 0.25) is 0 Å². The summed E-state index contributed by atoms with van der Waals surface area (Å²) in [5, 5.41) is 1.02. The molecule has 1 fully saturated rings. The molecule has 2 aromatic rings. The van der Waals surface area contributed by atoms with E-state index >= 15 is 0 Å². The average molecular weight is 278 g/mol. The fourth-order valence-corrected chi connectivity index (χ4v) is 2.48. The maximum atomic E-state index is 5.92. The van der Waals surface area contributed by atoms with E-state index in [9.17, 15) is 0 Å². The van der Waals surface area contributed by atoms with Crippen molar-refractivity contribution < 1.29 is 9.47 Å². The normalized spacial score (nSPS) is 18.9. The number of hydrogen-bond donors (Lipinski definition) is 0. The second kappa shape index (κ2) is 5.76. The van der Waals surface area contributed by atoms with Crippen molar-refractivity contribution in [1.82, 2.24) is 4.98 Å². The third-order valence-electron chi connectivity index (χ3n) is 3.32. The number of halogens is 1. The molecule has 19 heavy (non-hydrogen) atoms. The van der Waals surface area contributed by atoms with Gasteiger partial charge in [0.2, 0.25) is 0 Å². The van der Waals surface area contributed by atoms with Crippen molar-refractivity contribution in [3.63, 3.8) is 0 Å². The van der Waals surface area contributed by atoms with E-state index in [0.29, 0.717) is 12.5 Å². The van der Waals surface area contributed by atoms with Gasteiger partial charge in [-0.3, -0.25) is 4.98 Å². The Morgan fingerprint density at radius 1 is 1.37 bits per heavy atom. The minimum Gasteiger partial charge on any atom is -0.490 e. The van der Waals surface area contributed by atoms with E-state index in [1.807, 2.05) is 30.3 Å². The Morgan fingerprint density at radius 3 is 3.05 bits per heavy atom. The van der Waals surface area contributed by atoms with Gasteiger partial charge in [-0.15, -0.1) is 11.6 Å². The lowest BCUT2D eigenvalue weighted by Gasteiger charge is -2.14. The van der Waals surface area contributed by atoms with Crippen LogP contribution in [-0.2, 0) is 10.6 Å². The lowest BCUT2D eigenvalue weighted by Crippen LogP contribution is -2.16. The van der Waals surface area contributed by atoms with Crippen molar-refractivity contribution in [3.8, 4) is 5.75 Å². The van der Waals surface area contributed by atoms with Gasteiger partial charge in [0, 0.05) is 18.1 Å². The Hall–Kier alpha value is -1.32. The highest BCUT2D eigenvalue weighted by molar-refractivity contribution is 6.17. The van der Waals surface area contributed by atoms with Crippen LogP contribution in [-0.4, -0.2) is 24.3 Å². The lowest BCUT2D eigenvalue weighted by molar-refractivity contribution is 0.0684. The highest BCUT2D eigenvalue weighted by atomic mass is 35.5. The van der Waals surface area contributed by atoms with Crippen molar-refractivity contribution in [3.05, 3.63) is 36.0 Å². The molecular formula is C15H16ClNO2. The summed E-state index contributed by atoms with van der Waals surface area (Å²) in [5.74, 6) is 1.23. The van der Waals surface area contributed by atoms with Gasteiger partial charge in [0.15, 0.2) is 0 Å². The van der Waals surface area contributed by atoms with E-state index in [0.717, 1.165) is 41.8 Å². The Bertz CT molecular complexity index is 567. The summed E-state index contributed by atoms with van der Waals surface area (Å²) in [6, 6.07) is 9.88. The molecule has 1 aromatic heterocycles. The summed E-state index contributed by atoms with van der Waals surface area (Å²) in [5.41, 5.74) is 1.76. The molecule has 1 saturated heterocycles. The number of pyridine rings is 1. The number of ether oxygens (including phenoxy) is 2. The standard InChI is InChI=1S/C15H16ClNO2/c16-9-11-8-15(19-10-12-4-3-7-18-12)13-5-1-2-6-14(13)17-11/h1-2,5-6,8,12H,3-4,7,9-10H2. The van der Waals surface area contributed by atoms with Gasteiger partial charge in [-0.05, 0) is 25.0 Å². The van der Waals surface area contributed by atoms with Gasteiger partial charge < -0.3 is 9.47 Å². The molecule has 0 N–H and O–H groups in total. The van der Waals surface area contributed by atoms with Crippen LogP contribution in [0.5, 0.6) is 5.75 Å². The SMILES string of the molecule is ClCc1cc(OCC2CCCO2)c2ccccc2n1. The smallest absolute Gasteiger partial charge is 0.130 e. The largest absolute Gasteiger partial charge is 0.490 e. The molecule has 100 valence electrons. The molecule has 0 radical (unpaired) electrons. The molecule has 0 spiro atoms. The number of hydrogen-bond acceptors (Lipinski definition) is 3. The van der Waals surface area contributed by atoms with Crippen LogP contribution >= 0.6 is 11.6 Å². The fourth-order valence-electron chi connectivity index (χ4n) is 2.34. The second-order valence-corrected chi connectivity index (χ2v) is 4.98. The van der Waals surface area contributed by atoms with Gasteiger partial charge in [0.05, 0.1) is 23.2 Å². The molecule has 1 atom stereocenters. The highest BCUT2D eigenvalue weighted by Crippen LogP contribution is 2.26. The molecule has 1 aliphatic rings. The highest BCUT2D eigenvalue weighted by Gasteiger charge is 2.17. The van der Waals surface area contributed by atoms with Crippen LogP contribution in [0.25, 0.3) is 10.9 Å². The molecule has 1 unspecified atom stereocenters. The third kappa shape index (κ3) is 2.82. The van der Waals surface area contributed by atoms with Crippen LogP contribution < -0.4 is 4.74 Å². The van der Waals surface area contributed by atoms with Crippen molar-refractivity contribution >= 4 is 22.5 Å². The monoisotopic (exact) mass is 277 g/mol. The fraction of sp³-hybridized carbons (Fsp3) is 0.400. The van der Waals surface area contributed by atoms with Gasteiger partial charge >= 0.3 is 0 Å². The summed E-state index contributed by atoms with van der Waals surface area (Å²) >= 11 is 5.88. The van der Waals surface area contributed by atoms with Crippen LogP contribution in [0, 0.1) is 0 Å². The Balaban J connectivity index is 1.87. The van der Waals surface area contributed by atoms with Crippen LogP contribution in [0.3, 0.4) is 0 Å². The van der Waals surface area contributed by atoms with Crippen molar-refractivity contribution in [2.24, 2.45) is 0 Å². The second-order valence-electron chi connectivity index (χ2n) is 4.71. The average Bonchev–Trinajstić information content (AvgIpc) is 2.97.